The number of carbonyl (C=O) groups excluding carboxylic acids is 2. The molecule has 0 spiro atoms. The van der Waals surface area contributed by atoms with E-state index in [0.29, 0.717) is 34.9 Å². The second-order valence-electron chi connectivity index (χ2n) is 11.4. The van der Waals surface area contributed by atoms with Gasteiger partial charge in [-0.15, -0.1) is 0 Å². The van der Waals surface area contributed by atoms with E-state index in [1.54, 1.807) is 18.2 Å². The van der Waals surface area contributed by atoms with Crippen molar-refractivity contribution in [1.29, 1.82) is 0 Å². The van der Waals surface area contributed by atoms with E-state index in [0.717, 1.165) is 27.9 Å². The number of benzene rings is 3. The fourth-order valence-electron chi connectivity index (χ4n) is 5.06. The molecule has 1 atom stereocenters. The molecule has 1 aliphatic heterocycles. The Kier molecular flexibility index (Phi) is 7.34. The fourth-order valence-corrected chi connectivity index (χ4v) is 5.06. The van der Waals surface area contributed by atoms with E-state index in [9.17, 15) is 14.7 Å². The molecule has 3 aromatic carbocycles. The molecule has 1 aromatic heterocycles. The van der Waals surface area contributed by atoms with Gasteiger partial charge in [0.2, 0.25) is 5.95 Å². The van der Waals surface area contributed by atoms with Crippen LogP contribution in [0.5, 0.6) is 5.75 Å². The predicted molar refractivity (Wildman–Crippen MR) is 163 cm³/mol. The molecule has 5 rings (SSSR count). The van der Waals surface area contributed by atoms with E-state index in [1.807, 2.05) is 76.2 Å². The smallest absolute Gasteiger partial charge is 0.302 e. The monoisotopic (exact) mass is 552 g/mol. The van der Waals surface area contributed by atoms with Gasteiger partial charge in [0, 0.05) is 25.3 Å². The molecule has 0 radical (unpaired) electrons. The molecular formula is C33H36N4O4. The van der Waals surface area contributed by atoms with Crippen LogP contribution in [0.25, 0.3) is 16.8 Å². The van der Waals surface area contributed by atoms with Crippen LogP contribution in [0, 0.1) is 26.7 Å². The number of fused-ring (bicyclic) bond motifs is 1. The highest BCUT2D eigenvalue weighted by atomic mass is 16.5. The maximum atomic E-state index is 13.6. The van der Waals surface area contributed by atoms with Crippen molar-refractivity contribution in [2.45, 2.75) is 40.7 Å². The first kappa shape index (κ1) is 28.0. The van der Waals surface area contributed by atoms with E-state index in [4.69, 9.17) is 9.72 Å². The van der Waals surface area contributed by atoms with Crippen molar-refractivity contribution in [3.63, 3.8) is 0 Å². The summed E-state index contributed by atoms with van der Waals surface area (Å²) in [6.07, 6.45) is 0. The molecule has 1 fully saturated rings. The zero-order chi connectivity index (χ0) is 29.6. The van der Waals surface area contributed by atoms with Crippen LogP contribution in [0.15, 0.2) is 60.2 Å². The maximum Gasteiger partial charge on any atom is 0.302 e. The second-order valence-corrected chi connectivity index (χ2v) is 11.4. The van der Waals surface area contributed by atoms with Crippen LogP contribution in [0.4, 0.5) is 11.6 Å². The number of nitrogens with zero attached hydrogens (tertiary/aromatic N) is 3. The number of Topliss-reactive ketones (excluding diaryl/α,β-unsaturated/α-hetero) is 1. The van der Waals surface area contributed by atoms with E-state index >= 15 is 0 Å². The van der Waals surface area contributed by atoms with E-state index in [-0.39, 0.29) is 17.3 Å². The van der Waals surface area contributed by atoms with Gasteiger partial charge >= 0.3 is 5.91 Å². The van der Waals surface area contributed by atoms with E-state index in [2.05, 4.69) is 18.8 Å². The number of aromatic nitrogens is 2. The van der Waals surface area contributed by atoms with Crippen molar-refractivity contribution in [2.75, 3.05) is 30.5 Å². The van der Waals surface area contributed by atoms with E-state index in [1.165, 1.54) is 4.90 Å². The van der Waals surface area contributed by atoms with Gasteiger partial charge in [-0.2, -0.15) is 0 Å². The van der Waals surface area contributed by atoms with Gasteiger partial charge in [0.05, 0.1) is 29.3 Å². The minimum absolute atomic E-state index is 0.00988. The molecular weight excluding hydrogens is 516 g/mol. The quantitative estimate of drug-likeness (QED) is 0.161. The van der Waals surface area contributed by atoms with Gasteiger partial charge in [-0.25, -0.2) is 4.98 Å². The Hall–Kier alpha value is -4.59. The maximum absolute atomic E-state index is 13.6. The lowest BCUT2D eigenvalue weighted by Crippen LogP contribution is -2.30. The first-order valence-electron chi connectivity index (χ1n) is 13.7. The Morgan fingerprint density at radius 2 is 1.68 bits per heavy atom. The molecule has 1 amide bonds. The number of hydrogen-bond acceptors (Lipinski definition) is 6. The number of rotatable bonds is 7. The lowest BCUT2D eigenvalue weighted by molar-refractivity contribution is -0.132. The number of anilines is 2. The summed E-state index contributed by atoms with van der Waals surface area (Å²) in [6, 6.07) is 15.9. The number of nitrogens with one attached hydrogen (secondary N) is 1. The normalized spacial score (nSPS) is 16.7. The van der Waals surface area contributed by atoms with Crippen LogP contribution >= 0.6 is 0 Å². The SMILES string of the molecule is Cc1cc2nc(N3C(=O)C(=O)/C(=C(/O)c4ccc(OCC(C)C)c(C)c4)C3c3ccc(N(C)C)cc3)[nH]c2cc1C. The summed E-state index contributed by atoms with van der Waals surface area (Å²) in [5, 5.41) is 11.6. The summed E-state index contributed by atoms with van der Waals surface area (Å²) in [4.78, 5) is 38.5. The third kappa shape index (κ3) is 5.17. The third-order valence-electron chi connectivity index (χ3n) is 7.50. The van der Waals surface area contributed by atoms with Gasteiger partial charge < -0.3 is 19.7 Å². The number of aliphatic hydroxyl groups is 1. The van der Waals surface area contributed by atoms with Gasteiger partial charge in [-0.1, -0.05) is 26.0 Å². The van der Waals surface area contributed by atoms with E-state index < -0.39 is 17.7 Å². The van der Waals surface area contributed by atoms with Crippen molar-refractivity contribution in [1.82, 2.24) is 9.97 Å². The highest BCUT2D eigenvalue weighted by molar-refractivity contribution is 6.51. The van der Waals surface area contributed by atoms with Gasteiger partial charge in [-0.3, -0.25) is 14.5 Å². The molecule has 4 aromatic rings. The summed E-state index contributed by atoms with van der Waals surface area (Å²) >= 11 is 0. The lowest BCUT2D eigenvalue weighted by atomic mass is 9.94. The average molecular weight is 553 g/mol. The fraction of sp³-hybridized carbons (Fsp3) is 0.303. The van der Waals surface area contributed by atoms with Crippen molar-refractivity contribution in [2.24, 2.45) is 5.92 Å². The van der Waals surface area contributed by atoms with Crippen LogP contribution in [0.1, 0.15) is 47.7 Å². The molecule has 2 heterocycles. The Balaban J connectivity index is 1.66. The average Bonchev–Trinajstić information content (AvgIpc) is 3.44. The number of aromatic amines is 1. The molecule has 212 valence electrons. The molecule has 1 unspecified atom stereocenters. The Morgan fingerprint density at radius 1 is 1.00 bits per heavy atom. The Bertz CT molecular complexity index is 1640. The zero-order valence-electron chi connectivity index (χ0n) is 24.6. The highest BCUT2D eigenvalue weighted by Crippen LogP contribution is 2.42. The Morgan fingerprint density at radius 3 is 2.32 bits per heavy atom. The summed E-state index contributed by atoms with van der Waals surface area (Å²) in [7, 11) is 3.88. The van der Waals surface area contributed by atoms with Crippen LogP contribution in [-0.4, -0.2) is 47.5 Å². The molecule has 2 N–H and O–H groups in total. The Labute approximate surface area is 240 Å². The van der Waals surface area contributed by atoms with Crippen LogP contribution in [-0.2, 0) is 9.59 Å². The predicted octanol–water partition coefficient (Wildman–Crippen LogP) is 6.22. The standard InChI is InChI=1S/C33H36N4O4/c1-18(2)17-41-27-13-10-23(14-21(27)5)30(38)28-29(22-8-11-24(12-9-22)36(6)7)37(32(40)31(28)39)33-34-25-15-19(3)20(4)16-26(25)35-33/h8-16,18,29,38H,17H2,1-7H3,(H,34,35)/b30-28+. The van der Waals surface area contributed by atoms with Gasteiger partial charge in [0.25, 0.3) is 5.78 Å². The van der Waals surface area contributed by atoms with Gasteiger partial charge in [0.1, 0.15) is 11.5 Å². The number of amides is 1. The summed E-state index contributed by atoms with van der Waals surface area (Å²) in [5.74, 6) is -0.442. The van der Waals surface area contributed by atoms with Crippen molar-refractivity contribution in [3.05, 3.63) is 88.0 Å². The number of carbonyl (C=O) groups is 2. The summed E-state index contributed by atoms with van der Waals surface area (Å²) in [6.45, 7) is 10.6. The van der Waals surface area contributed by atoms with Gasteiger partial charge in [-0.05, 0) is 91.4 Å². The number of ether oxygens (including phenoxy) is 1. The number of aliphatic hydroxyl groups excluding tert-OH is 1. The largest absolute Gasteiger partial charge is 0.507 e. The number of ketones is 1. The zero-order valence-corrected chi connectivity index (χ0v) is 24.6. The number of H-pyrrole nitrogens is 1. The number of imidazole rings is 1. The summed E-state index contributed by atoms with van der Waals surface area (Å²) in [5.41, 5.74) is 6.52. The first-order valence-corrected chi connectivity index (χ1v) is 13.7. The second kappa shape index (κ2) is 10.8. The number of hydrogen-bond donors (Lipinski definition) is 2. The molecule has 0 saturated carbocycles. The van der Waals surface area contributed by atoms with Gasteiger partial charge in [0.15, 0.2) is 0 Å². The van der Waals surface area contributed by atoms with Crippen LogP contribution in [0.2, 0.25) is 0 Å². The molecule has 41 heavy (non-hydrogen) atoms. The minimum atomic E-state index is -0.883. The van der Waals surface area contributed by atoms with Crippen LogP contribution < -0.4 is 14.5 Å². The third-order valence-corrected chi connectivity index (χ3v) is 7.50. The molecule has 0 aliphatic carbocycles. The van der Waals surface area contributed by atoms with Crippen molar-refractivity contribution < 1.29 is 19.4 Å². The molecule has 0 bridgehead atoms. The first-order chi connectivity index (χ1) is 19.5. The summed E-state index contributed by atoms with van der Waals surface area (Å²) < 4.78 is 5.89. The van der Waals surface area contributed by atoms with Crippen molar-refractivity contribution >= 4 is 40.1 Å². The minimum Gasteiger partial charge on any atom is -0.507 e. The van der Waals surface area contributed by atoms with Crippen LogP contribution in [0.3, 0.4) is 0 Å². The molecule has 1 aliphatic rings. The number of aryl methyl sites for hydroxylation is 3. The highest BCUT2D eigenvalue weighted by Gasteiger charge is 2.48. The molecule has 8 heteroatoms. The molecule has 8 nitrogen and oxygen atoms in total. The lowest BCUT2D eigenvalue weighted by Gasteiger charge is -2.24. The van der Waals surface area contributed by atoms with Crippen molar-refractivity contribution in [3.8, 4) is 5.75 Å². The molecule has 1 saturated heterocycles. The topological polar surface area (TPSA) is 98.8 Å².